The number of hydrogen-bond acceptors (Lipinski definition) is 2. The second-order valence-corrected chi connectivity index (χ2v) is 10.6. The van der Waals surface area contributed by atoms with Crippen LogP contribution in [0.15, 0.2) is 12.1 Å². The molecule has 4 nitrogen and oxygen atoms in total. The van der Waals surface area contributed by atoms with E-state index in [9.17, 15) is 19.8 Å². The summed E-state index contributed by atoms with van der Waals surface area (Å²) in [7, 11) is 0. The minimum Gasteiger partial charge on any atom is -0.478 e. The van der Waals surface area contributed by atoms with Crippen LogP contribution in [0.4, 0.5) is 0 Å². The molecular formula is C32H54O4. The summed E-state index contributed by atoms with van der Waals surface area (Å²) in [6.45, 7) is 4.48. The molecule has 0 unspecified atom stereocenters. The molecule has 0 bridgehead atoms. The first-order valence-corrected chi connectivity index (χ1v) is 15.1. The fourth-order valence-electron chi connectivity index (χ4n) is 5.11. The van der Waals surface area contributed by atoms with Gasteiger partial charge in [0, 0.05) is 0 Å². The van der Waals surface area contributed by atoms with Crippen LogP contribution in [0.2, 0.25) is 0 Å². The van der Waals surface area contributed by atoms with Crippen molar-refractivity contribution in [1.82, 2.24) is 0 Å². The standard InChI is InChI=1S/C32H54O4/c1-3-5-7-9-11-13-15-17-19-21-23-27-25-30(32(35)36)28(26-29(27)31(33)34)24-22-20-18-16-14-12-10-8-6-4-2/h25-26H,3-24H2,1-2H3,(H,33,34)(H,35,36). The van der Waals surface area contributed by atoms with Gasteiger partial charge in [-0.25, -0.2) is 9.59 Å². The second kappa shape index (κ2) is 21.3. The summed E-state index contributed by atoms with van der Waals surface area (Å²) in [4.78, 5) is 23.9. The Kier molecular flexibility index (Phi) is 19.0. The summed E-state index contributed by atoms with van der Waals surface area (Å²) >= 11 is 0. The van der Waals surface area contributed by atoms with Crippen molar-refractivity contribution in [1.29, 1.82) is 0 Å². The Labute approximate surface area is 221 Å². The number of aromatic carboxylic acids is 2. The van der Waals surface area contributed by atoms with Gasteiger partial charge in [-0.2, -0.15) is 0 Å². The van der Waals surface area contributed by atoms with E-state index in [1.807, 2.05) is 0 Å². The molecule has 0 amide bonds. The van der Waals surface area contributed by atoms with Gasteiger partial charge in [0.25, 0.3) is 0 Å². The van der Waals surface area contributed by atoms with Gasteiger partial charge in [-0.15, -0.1) is 0 Å². The van der Waals surface area contributed by atoms with Crippen LogP contribution in [-0.2, 0) is 12.8 Å². The molecule has 0 aliphatic heterocycles. The number of aryl methyl sites for hydroxylation is 2. The topological polar surface area (TPSA) is 74.6 Å². The molecule has 2 N–H and O–H groups in total. The van der Waals surface area contributed by atoms with Crippen molar-refractivity contribution < 1.29 is 19.8 Å². The van der Waals surface area contributed by atoms with Crippen molar-refractivity contribution in [3.8, 4) is 0 Å². The highest BCUT2D eigenvalue weighted by Gasteiger charge is 2.18. The summed E-state index contributed by atoms with van der Waals surface area (Å²) in [5.74, 6) is -1.89. The monoisotopic (exact) mass is 502 g/mol. The van der Waals surface area contributed by atoms with E-state index in [-0.39, 0.29) is 11.1 Å². The van der Waals surface area contributed by atoms with E-state index in [2.05, 4.69) is 13.8 Å². The van der Waals surface area contributed by atoms with Crippen molar-refractivity contribution in [3.05, 3.63) is 34.4 Å². The average Bonchev–Trinajstić information content (AvgIpc) is 2.86. The molecule has 0 spiro atoms. The maximum atomic E-state index is 11.9. The van der Waals surface area contributed by atoms with Gasteiger partial charge in [0.1, 0.15) is 0 Å². The minimum atomic E-state index is -0.946. The van der Waals surface area contributed by atoms with Crippen LogP contribution in [-0.4, -0.2) is 22.2 Å². The van der Waals surface area contributed by atoms with Gasteiger partial charge in [-0.1, -0.05) is 129 Å². The van der Waals surface area contributed by atoms with Crippen LogP contribution in [0.25, 0.3) is 0 Å². The number of carboxylic acids is 2. The van der Waals surface area contributed by atoms with Crippen molar-refractivity contribution in [3.63, 3.8) is 0 Å². The highest BCUT2D eigenvalue weighted by Crippen LogP contribution is 2.23. The number of unbranched alkanes of at least 4 members (excludes halogenated alkanes) is 18. The summed E-state index contributed by atoms with van der Waals surface area (Å²) in [5, 5.41) is 19.6. The highest BCUT2D eigenvalue weighted by atomic mass is 16.4. The van der Waals surface area contributed by atoms with Crippen molar-refractivity contribution in [2.45, 2.75) is 155 Å². The average molecular weight is 503 g/mol. The number of benzene rings is 1. The molecule has 0 radical (unpaired) electrons. The Morgan fingerprint density at radius 2 is 0.722 bits per heavy atom. The molecule has 1 aromatic rings. The number of carboxylic acid groups (broad SMARTS) is 2. The van der Waals surface area contributed by atoms with Crippen molar-refractivity contribution in [2.24, 2.45) is 0 Å². The van der Waals surface area contributed by atoms with Gasteiger partial charge >= 0.3 is 11.9 Å². The van der Waals surface area contributed by atoms with Gasteiger partial charge < -0.3 is 10.2 Å². The van der Waals surface area contributed by atoms with Crippen LogP contribution in [0, 0.1) is 0 Å². The molecule has 36 heavy (non-hydrogen) atoms. The van der Waals surface area contributed by atoms with Gasteiger partial charge in [-0.3, -0.25) is 0 Å². The Balaban J connectivity index is 2.46. The zero-order valence-corrected chi connectivity index (χ0v) is 23.4. The van der Waals surface area contributed by atoms with Crippen LogP contribution in [0.5, 0.6) is 0 Å². The maximum Gasteiger partial charge on any atom is 0.335 e. The second-order valence-electron chi connectivity index (χ2n) is 10.6. The van der Waals surface area contributed by atoms with Crippen LogP contribution in [0.1, 0.15) is 174 Å². The quantitative estimate of drug-likeness (QED) is 0.138. The SMILES string of the molecule is CCCCCCCCCCCCc1cc(C(=O)O)c(CCCCCCCCCCCC)cc1C(=O)O. The lowest BCUT2D eigenvalue weighted by atomic mass is 9.92. The molecule has 0 saturated carbocycles. The summed E-state index contributed by atoms with van der Waals surface area (Å²) in [6.07, 6.45) is 25.8. The van der Waals surface area contributed by atoms with Gasteiger partial charge in [0.05, 0.1) is 11.1 Å². The zero-order chi connectivity index (χ0) is 26.4. The van der Waals surface area contributed by atoms with Gasteiger partial charge in [0.2, 0.25) is 0 Å². The van der Waals surface area contributed by atoms with Crippen LogP contribution < -0.4 is 0 Å². The minimum absolute atomic E-state index is 0.290. The molecule has 206 valence electrons. The molecule has 0 aliphatic rings. The maximum absolute atomic E-state index is 11.9. The predicted molar refractivity (Wildman–Crippen MR) is 151 cm³/mol. The third-order valence-electron chi connectivity index (χ3n) is 7.39. The van der Waals surface area contributed by atoms with Crippen molar-refractivity contribution >= 4 is 11.9 Å². The largest absolute Gasteiger partial charge is 0.478 e. The van der Waals surface area contributed by atoms with Crippen molar-refractivity contribution in [2.75, 3.05) is 0 Å². The zero-order valence-electron chi connectivity index (χ0n) is 23.4. The lowest BCUT2D eigenvalue weighted by molar-refractivity contribution is 0.0679. The number of hydrogen-bond donors (Lipinski definition) is 2. The molecule has 0 heterocycles. The molecule has 0 aromatic heterocycles. The summed E-state index contributed by atoms with van der Waals surface area (Å²) in [5.41, 5.74) is 1.92. The molecule has 0 atom stereocenters. The molecule has 1 aromatic carbocycles. The number of rotatable bonds is 24. The predicted octanol–water partition coefficient (Wildman–Crippen LogP) is 10.0. The first-order valence-electron chi connectivity index (χ1n) is 15.1. The van der Waals surface area contributed by atoms with E-state index >= 15 is 0 Å². The normalized spacial score (nSPS) is 11.2. The lowest BCUT2D eigenvalue weighted by Gasteiger charge is -2.13. The third-order valence-corrected chi connectivity index (χ3v) is 7.39. The first kappa shape index (κ1) is 32.2. The summed E-state index contributed by atoms with van der Waals surface area (Å²) in [6, 6.07) is 3.29. The van der Waals surface area contributed by atoms with E-state index in [1.165, 1.54) is 103 Å². The van der Waals surface area contributed by atoms with E-state index in [0.29, 0.717) is 24.0 Å². The Bertz CT molecular complexity index is 663. The summed E-state index contributed by atoms with van der Waals surface area (Å²) < 4.78 is 0. The van der Waals surface area contributed by atoms with E-state index in [0.717, 1.165) is 25.7 Å². The smallest absolute Gasteiger partial charge is 0.335 e. The van der Waals surface area contributed by atoms with Gasteiger partial charge in [-0.05, 0) is 48.9 Å². The molecule has 4 heteroatoms. The fraction of sp³-hybridized carbons (Fsp3) is 0.750. The van der Waals surface area contributed by atoms with E-state index < -0.39 is 11.9 Å². The number of carbonyl (C=O) groups is 2. The fourth-order valence-corrected chi connectivity index (χ4v) is 5.11. The Hall–Kier alpha value is -1.84. The van der Waals surface area contributed by atoms with E-state index in [4.69, 9.17) is 0 Å². The highest BCUT2D eigenvalue weighted by molar-refractivity contribution is 5.94. The molecule has 1 rings (SSSR count). The molecular weight excluding hydrogens is 448 g/mol. The third kappa shape index (κ3) is 14.7. The van der Waals surface area contributed by atoms with Crippen LogP contribution >= 0.6 is 0 Å². The first-order chi connectivity index (χ1) is 17.5. The Morgan fingerprint density at radius 1 is 0.472 bits per heavy atom. The van der Waals surface area contributed by atoms with Crippen LogP contribution in [0.3, 0.4) is 0 Å². The molecule has 0 saturated heterocycles. The van der Waals surface area contributed by atoms with Gasteiger partial charge in [0.15, 0.2) is 0 Å². The molecule has 0 aliphatic carbocycles. The molecule has 0 fully saturated rings. The lowest BCUT2D eigenvalue weighted by Crippen LogP contribution is -2.10. The van der Waals surface area contributed by atoms with E-state index in [1.54, 1.807) is 12.1 Å². The Morgan fingerprint density at radius 3 is 0.972 bits per heavy atom.